The summed E-state index contributed by atoms with van der Waals surface area (Å²) in [5.41, 5.74) is 0.588. The van der Waals surface area contributed by atoms with Crippen molar-refractivity contribution in [1.29, 1.82) is 0 Å². The van der Waals surface area contributed by atoms with Gasteiger partial charge in [-0.25, -0.2) is 0 Å². The Morgan fingerprint density at radius 2 is 0.712 bits per heavy atom. The molecule has 0 N–H and O–H groups in total. The summed E-state index contributed by atoms with van der Waals surface area (Å²) in [6.45, 7) is 16.2. The second-order valence-corrected chi connectivity index (χ2v) is 34.0. The zero-order chi connectivity index (χ0) is 37.9. The van der Waals surface area contributed by atoms with E-state index in [1.807, 2.05) is 122 Å². The SMILES string of the molecule is CCO[Si](CCCCCCSSSSSCCC1(CCSSSSSCCCCCC[Si](OCC)(OCC)OCC)CCCCC1)(OCC)OCC. The van der Waals surface area contributed by atoms with Crippen LogP contribution in [0.4, 0.5) is 0 Å². The van der Waals surface area contributed by atoms with Crippen LogP contribution in [0.3, 0.4) is 0 Å². The van der Waals surface area contributed by atoms with E-state index in [0.29, 0.717) is 45.1 Å². The third-order valence-electron chi connectivity index (χ3n) is 8.76. The smallest absolute Gasteiger partial charge is 0.374 e. The maximum Gasteiger partial charge on any atom is 0.500 e. The number of hydrogen-bond acceptors (Lipinski definition) is 16. The zero-order valence-corrected chi connectivity index (χ0v) is 43.3. The van der Waals surface area contributed by atoms with Gasteiger partial charge in [-0.05, 0) is 157 Å². The van der Waals surface area contributed by atoms with Crippen LogP contribution < -0.4 is 0 Å². The van der Waals surface area contributed by atoms with Crippen LogP contribution in [0.2, 0.25) is 12.1 Å². The average molecular weight is 954 g/mol. The molecule has 0 atom stereocenters. The Bertz CT molecular complexity index is 696. The molecule has 0 aromatic heterocycles. The minimum Gasteiger partial charge on any atom is -0.374 e. The minimum absolute atomic E-state index is 0.588. The van der Waals surface area contributed by atoms with Gasteiger partial charge in [-0.2, -0.15) is 0 Å². The van der Waals surface area contributed by atoms with Gasteiger partial charge in [0.15, 0.2) is 0 Å². The van der Waals surface area contributed by atoms with Crippen LogP contribution in [-0.2, 0) is 26.6 Å². The summed E-state index contributed by atoms with van der Waals surface area (Å²) < 4.78 is 35.9. The molecular weight excluding hydrogens is 881 g/mol. The molecule has 18 heteroatoms. The molecule has 52 heavy (non-hydrogen) atoms. The van der Waals surface area contributed by atoms with Crippen LogP contribution in [0.15, 0.2) is 0 Å². The van der Waals surface area contributed by atoms with Gasteiger partial charge < -0.3 is 26.6 Å². The first-order chi connectivity index (χ1) is 25.5. The Balaban J connectivity index is 2.05. The van der Waals surface area contributed by atoms with E-state index in [9.17, 15) is 0 Å². The first-order valence-electron chi connectivity index (χ1n) is 19.8. The van der Waals surface area contributed by atoms with E-state index in [1.54, 1.807) is 0 Å². The lowest BCUT2D eigenvalue weighted by atomic mass is 9.70. The van der Waals surface area contributed by atoms with E-state index in [0.717, 1.165) is 24.9 Å². The van der Waals surface area contributed by atoms with Crippen LogP contribution in [-0.4, -0.2) is 80.3 Å². The van der Waals surface area contributed by atoms with Gasteiger partial charge in [0, 0.05) is 74.7 Å². The molecule has 0 aromatic carbocycles. The largest absolute Gasteiger partial charge is 0.500 e. The molecule has 0 unspecified atom stereocenters. The van der Waals surface area contributed by atoms with Crippen molar-refractivity contribution in [2.75, 3.05) is 62.7 Å². The van der Waals surface area contributed by atoms with Gasteiger partial charge in [-0.1, -0.05) is 88.1 Å². The lowest BCUT2D eigenvalue weighted by Crippen LogP contribution is -2.45. The molecule has 1 fully saturated rings. The summed E-state index contributed by atoms with van der Waals surface area (Å²) in [6, 6.07) is 1.88. The second-order valence-electron chi connectivity index (χ2n) is 12.5. The lowest BCUT2D eigenvalue weighted by molar-refractivity contribution is 0.0698. The fraction of sp³-hybridized carbons (Fsp3) is 1.00. The van der Waals surface area contributed by atoms with E-state index in [-0.39, 0.29) is 0 Å². The molecule has 0 aromatic rings. The molecule has 0 radical (unpaired) electrons. The molecule has 1 saturated carbocycles. The van der Waals surface area contributed by atoms with Crippen LogP contribution in [0, 0.1) is 5.41 Å². The highest BCUT2D eigenvalue weighted by Gasteiger charge is 2.40. The maximum atomic E-state index is 5.99. The molecule has 0 heterocycles. The van der Waals surface area contributed by atoms with E-state index < -0.39 is 17.6 Å². The Kier molecular flexibility index (Phi) is 38.9. The number of rotatable bonds is 40. The standard InChI is InChI=1S/C34H72O6S10Si2/c1-7-35-51(36-8-2,37-9-3)32-22-15-13-20-28-41-45-49-47-43-30-26-34(24-18-17-19-25-34)27-31-44-48-50-46-42-29-21-14-16-23-33-52(38-10-4,39-11-5)40-12-6/h7-33H2,1-6H3. The van der Waals surface area contributed by atoms with Crippen molar-refractivity contribution in [3.8, 4) is 0 Å². The van der Waals surface area contributed by atoms with Gasteiger partial charge in [0.2, 0.25) is 0 Å². The molecule has 0 saturated heterocycles. The highest BCUT2D eigenvalue weighted by atomic mass is 33.8. The number of unbranched alkanes of at least 4 members (excludes halogenated alkanes) is 6. The highest BCUT2D eigenvalue weighted by Crippen LogP contribution is 2.52. The normalized spacial score (nSPS) is 15.1. The predicted octanol–water partition coefficient (Wildman–Crippen LogP) is 15.6. The summed E-state index contributed by atoms with van der Waals surface area (Å²) in [7, 11) is 15.1. The first-order valence-corrected chi connectivity index (χ1v) is 36.6. The summed E-state index contributed by atoms with van der Waals surface area (Å²) in [4.78, 5) is 0. The molecule has 0 spiro atoms. The first kappa shape index (κ1) is 53.7. The lowest BCUT2D eigenvalue weighted by Gasteiger charge is -2.37. The summed E-state index contributed by atoms with van der Waals surface area (Å²) in [5, 5.41) is 0. The highest BCUT2D eigenvalue weighted by molar-refractivity contribution is 9.36. The van der Waals surface area contributed by atoms with Crippen LogP contribution in [0.25, 0.3) is 0 Å². The maximum absolute atomic E-state index is 5.99. The van der Waals surface area contributed by atoms with Gasteiger partial charge >= 0.3 is 17.6 Å². The van der Waals surface area contributed by atoms with Crippen LogP contribution in [0.5, 0.6) is 0 Å². The van der Waals surface area contributed by atoms with E-state index in [1.165, 1.54) is 106 Å². The van der Waals surface area contributed by atoms with Crippen molar-refractivity contribution in [3.63, 3.8) is 0 Å². The summed E-state index contributed by atoms with van der Waals surface area (Å²) >= 11 is 0. The van der Waals surface area contributed by atoms with Crippen molar-refractivity contribution < 1.29 is 26.6 Å². The van der Waals surface area contributed by atoms with E-state index in [4.69, 9.17) is 26.6 Å². The van der Waals surface area contributed by atoms with Crippen molar-refractivity contribution in [1.82, 2.24) is 0 Å². The average Bonchev–Trinajstić information content (AvgIpc) is 3.13. The second kappa shape index (κ2) is 37.7. The quantitative estimate of drug-likeness (QED) is 0.0332. The molecule has 0 aliphatic heterocycles. The Morgan fingerprint density at radius 1 is 0.385 bits per heavy atom. The van der Waals surface area contributed by atoms with Gasteiger partial charge in [0.1, 0.15) is 0 Å². The fourth-order valence-corrected chi connectivity index (χ4v) is 30.0. The van der Waals surface area contributed by atoms with Gasteiger partial charge in [-0.3, -0.25) is 0 Å². The van der Waals surface area contributed by atoms with E-state index >= 15 is 0 Å². The molecule has 312 valence electrons. The molecule has 6 nitrogen and oxygen atoms in total. The topological polar surface area (TPSA) is 55.4 Å². The fourth-order valence-electron chi connectivity index (χ4n) is 6.40. The Morgan fingerprint density at radius 3 is 1.06 bits per heavy atom. The molecule has 1 aliphatic rings. The Labute approximate surface area is 360 Å². The molecule has 0 amide bonds. The third kappa shape index (κ3) is 27.5. The minimum atomic E-state index is -2.47. The number of hydrogen-bond donors (Lipinski definition) is 0. The van der Waals surface area contributed by atoms with Crippen molar-refractivity contribution in [3.05, 3.63) is 0 Å². The van der Waals surface area contributed by atoms with E-state index in [2.05, 4.69) is 21.6 Å². The van der Waals surface area contributed by atoms with Crippen LogP contribution >= 0.6 is 102 Å². The Hall–Kier alpha value is 3.69. The summed E-state index contributed by atoms with van der Waals surface area (Å²) in [5.74, 6) is 5.02. The monoisotopic (exact) mass is 952 g/mol. The molecule has 1 rings (SSSR count). The molecular formula is C34H72O6S10Si2. The van der Waals surface area contributed by atoms with Gasteiger partial charge in [0.25, 0.3) is 0 Å². The zero-order valence-electron chi connectivity index (χ0n) is 33.1. The van der Waals surface area contributed by atoms with Gasteiger partial charge in [0.05, 0.1) is 0 Å². The van der Waals surface area contributed by atoms with Crippen molar-refractivity contribution >= 4 is 120 Å². The van der Waals surface area contributed by atoms with Crippen molar-refractivity contribution in [2.45, 2.75) is 150 Å². The van der Waals surface area contributed by atoms with Crippen molar-refractivity contribution in [2.24, 2.45) is 5.41 Å². The summed E-state index contributed by atoms with van der Waals surface area (Å²) in [6.07, 6.45) is 19.8. The van der Waals surface area contributed by atoms with Gasteiger partial charge in [-0.15, -0.1) is 0 Å². The molecule has 0 bridgehead atoms. The predicted molar refractivity (Wildman–Crippen MR) is 258 cm³/mol. The third-order valence-corrected chi connectivity index (χ3v) is 32.6. The molecule has 1 aliphatic carbocycles. The van der Waals surface area contributed by atoms with Crippen LogP contribution in [0.1, 0.15) is 138 Å².